The van der Waals surface area contributed by atoms with E-state index < -0.39 is 24.0 Å². The van der Waals surface area contributed by atoms with Crippen LogP contribution < -0.4 is 20.7 Å². The highest BCUT2D eigenvalue weighted by Crippen LogP contribution is 2.19. The van der Waals surface area contributed by atoms with Crippen LogP contribution in [0.3, 0.4) is 0 Å². The molecule has 4 amide bonds. The summed E-state index contributed by atoms with van der Waals surface area (Å²) in [6.45, 7) is 2.40. The van der Waals surface area contributed by atoms with E-state index in [4.69, 9.17) is 9.47 Å². The number of para-hydroxylation sites is 2. The largest absolute Gasteiger partial charge is 0.494 e. The fraction of sp³-hybridized carbons (Fsp3) is 0.194. The Morgan fingerprint density at radius 3 is 2.27 bits per heavy atom. The number of urea groups is 1. The van der Waals surface area contributed by atoms with Crippen molar-refractivity contribution in [3.63, 3.8) is 0 Å². The molecule has 1 aromatic heterocycles. The van der Waals surface area contributed by atoms with Crippen molar-refractivity contribution in [1.82, 2.24) is 25.5 Å². The molecule has 13 nitrogen and oxygen atoms in total. The SMILES string of the molecule is CCOc1ccc(NC(=O)N(Cc2ccc(C(=O)NCC(NC(=O)OCc3ccccc3)C(=O)O)cc2)Cc2nc3ccccc3[nH]2)cc1. The van der Waals surface area contributed by atoms with E-state index in [1.165, 1.54) is 0 Å². The summed E-state index contributed by atoms with van der Waals surface area (Å²) in [6.07, 6.45) is -0.923. The number of fused-ring (bicyclic) bond motifs is 1. The number of anilines is 1. The van der Waals surface area contributed by atoms with Crippen LogP contribution in [-0.2, 0) is 29.2 Å². The zero-order valence-electron chi connectivity index (χ0n) is 26.7. The number of rotatable bonds is 14. The van der Waals surface area contributed by atoms with Crippen LogP contribution in [0.5, 0.6) is 5.75 Å². The van der Waals surface area contributed by atoms with Crippen molar-refractivity contribution in [1.29, 1.82) is 0 Å². The maximum absolute atomic E-state index is 13.5. The van der Waals surface area contributed by atoms with Gasteiger partial charge in [-0.2, -0.15) is 0 Å². The zero-order chi connectivity index (χ0) is 34.6. The normalized spacial score (nSPS) is 11.3. The first-order chi connectivity index (χ1) is 23.8. The van der Waals surface area contributed by atoms with Crippen LogP contribution in [0.25, 0.3) is 11.0 Å². The number of hydrogen-bond donors (Lipinski definition) is 5. The Morgan fingerprint density at radius 2 is 1.57 bits per heavy atom. The average Bonchev–Trinajstić information content (AvgIpc) is 3.53. The molecule has 0 spiro atoms. The summed E-state index contributed by atoms with van der Waals surface area (Å²) >= 11 is 0. The van der Waals surface area contributed by atoms with Crippen molar-refractivity contribution in [2.24, 2.45) is 0 Å². The summed E-state index contributed by atoms with van der Waals surface area (Å²) in [5.41, 5.74) is 3.97. The third kappa shape index (κ3) is 9.81. The van der Waals surface area contributed by atoms with Gasteiger partial charge in [0, 0.05) is 24.3 Å². The van der Waals surface area contributed by atoms with Crippen LogP contribution in [0, 0.1) is 0 Å². The second-order valence-corrected chi connectivity index (χ2v) is 10.9. The number of hydrogen-bond acceptors (Lipinski definition) is 7. The van der Waals surface area contributed by atoms with E-state index in [1.807, 2.05) is 37.3 Å². The van der Waals surface area contributed by atoms with E-state index in [9.17, 15) is 24.3 Å². The lowest BCUT2D eigenvalue weighted by atomic mass is 10.1. The van der Waals surface area contributed by atoms with Gasteiger partial charge in [0.25, 0.3) is 5.91 Å². The quantitative estimate of drug-likeness (QED) is 0.106. The van der Waals surface area contributed by atoms with Gasteiger partial charge in [-0.25, -0.2) is 19.4 Å². The van der Waals surface area contributed by atoms with Crippen LogP contribution in [-0.4, -0.2) is 63.2 Å². The van der Waals surface area contributed by atoms with Gasteiger partial charge < -0.3 is 40.4 Å². The average molecular weight is 665 g/mol. The summed E-state index contributed by atoms with van der Waals surface area (Å²) < 4.78 is 10.6. The van der Waals surface area contributed by atoms with E-state index in [1.54, 1.807) is 77.7 Å². The molecule has 0 aliphatic rings. The second-order valence-electron chi connectivity index (χ2n) is 10.9. The van der Waals surface area contributed by atoms with Crippen molar-refractivity contribution in [2.75, 3.05) is 18.5 Å². The van der Waals surface area contributed by atoms with Gasteiger partial charge in [-0.05, 0) is 66.6 Å². The number of aromatic amines is 1. The molecule has 49 heavy (non-hydrogen) atoms. The van der Waals surface area contributed by atoms with Gasteiger partial charge in [-0.1, -0.05) is 54.6 Å². The van der Waals surface area contributed by atoms with E-state index in [-0.39, 0.29) is 37.8 Å². The fourth-order valence-electron chi connectivity index (χ4n) is 4.85. The Morgan fingerprint density at radius 1 is 0.857 bits per heavy atom. The molecule has 5 N–H and O–H groups in total. The van der Waals surface area contributed by atoms with Gasteiger partial charge in [-0.15, -0.1) is 0 Å². The van der Waals surface area contributed by atoms with Crippen LogP contribution in [0.15, 0.2) is 103 Å². The zero-order valence-corrected chi connectivity index (χ0v) is 26.7. The highest BCUT2D eigenvalue weighted by molar-refractivity contribution is 5.94. The molecule has 1 heterocycles. The van der Waals surface area contributed by atoms with E-state index in [2.05, 4.69) is 25.9 Å². The number of ether oxygens (including phenoxy) is 2. The minimum Gasteiger partial charge on any atom is -0.494 e. The van der Waals surface area contributed by atoms with Crippen molar-refractivity contribution in [3.05, 3.63) is 126 Å². The van der Waals surface area contributed by atoms with Crippen molar-refractivity contribution in [2.45, 2.75) is 32.7 Å². The molecule has 0 saturated heterocycles. The summed E-state index contributed by atoms with van der Waals surface area (Å²) in [5, 5.41) is 17.3. The molecular formula is C36H36N6O7. The minimum absolute atomic E-state index is 0.0311. The molecule has 0 bridgehead atoms. The topological polar surface area (TPSA) is 175 Å². The number of imidazole rings is 1. The number of nitrogens with zero attached hydrogens (tertiary/aromatic N) is 2. The Kier molecular flexibility index (Phi) is 11.4. The van der Waals surface area contributed by atoms with Crippen molar-refractivity contribution in [3.8, 4) is 5.75 Å². The molecule has 252 valence electrons. The van der Waals surface area contributed by atoms with Crippen LogP contribution in [0.4, 0.5) is 15.3 Å². The van der Waals surface area contributed by atoms with E-state index >= 15 is 0 Å². The van der Waals surface area contributed by atoms with Gasteiger partial charge in [-0.3, -0.25) is 4.79 Å². The molecular weight excluding hydrogens is 628 g/mol. The molecule has 5 aromatic rings. The van der Waals surface area contributed by atoms with Crippen molar-refractivity contribution >= 4 is 40.7 Å². The summed E-state index contributed by atoms with van der Waals surface area (Å²) in [5.74, 6) is -0.575. The number of H-pyrrole nitrogens is 1. The molecule has 13 heteroatoms. The number of carbonyl (C=O) groups is 4. The number of aliphatic carboxylic acids is 1. The first kappa shape index (κ1) is 34.0. The summed E-state index contributed by atoms with van der Waals surface area (Å²) in [6, 6.07) is 28.4. The number of alkyl carbamates (subject to hydrolysis) is 1. The van der Waals surface area contributed by atoms with Gasteiger partial charge in [0.15, 0.2) is 0 Å². The van der Waals surface area contributed by atoms with Crippen LogP contribution in [0.2, 0.25) is 0 Å². The maximum atomic E-state index is 13.5. The van der Waals surface area contributed by atoms with Gasteiger partial charge in [0.1, 0.15) is 24.2 Å². The molecule has 1 atom stereocenters. The number of amides is 4. The third-order valence-corrected chi connectivity index (χ3v) is 7.34. The molecule has 0 fully saturated rings. The lowest BCUT2D eigenvalue weighted by Crippen LogP contribution is -2.48. The van der Waals surface area contributed by atoms with Crippen molar-refractivity contribution < 1.29 is 33.8 Å². The molecule has 5 rings (SSSR count). The monoisotopic (exact) mass is 664 g/mol. The number of carboxylic acid groups (broad SMARTS) is 1. The highest BCUT2D eigenvalue weighted by atomic mass is 16.5. The molecule has 0 saturated carbocycles. The fourth-order valence-corrected chi connectivity index (χ4v) is 4.85. The smallest absolute Gasteiger partial charge is 0.408 e. The minimum atomic E-state index is -1.41. The highest BCUT2D eigenvalue weighted by Gasteiger charge is 2.22. The molecule has 0 aliphatic carbocycles. The summed E-state index contributed by atoms with van der Waals surface area (Å²) in [7, 11) is 0. The maximum Gasteiger partial charge on any atom is 0.408 e. The van der Waals surface area contributed by atoms with Crippen LogP contribution >= 0.6 is 0 Å². The van der Waals surface area contributed by atoms with E-state index in [0.717, 1.165) is 22.2 Å². The molecule has 1 unspecified atom stereocenters. The predicted molar refractivity (Wildman–Crippen MR) is 182 cm³/mol. The Balaban J connectivity index is 1.20. The van der Waals surface area contributed by atoms with E-state index in [0.29, 0.717) is 23.9 Å². The number of carbonyl (C=O) groups excluding carboxylic acids is 3. The number of carboxylic acids is 1. The third-order valence-electron chi connectivity index (χ3n) is 7.34. The number of benzene rings is 4. The molecule has 0 radical (unpaired) electrons. The number of nitrogens with one attached hydrogen (secondary N) is 4. The molecule has 0 aliphatic heterocycles. The van der Waals surface area contributed by atoms with Gasteiger partial charge >= 0.3 is 18.1 Å². The lowest BCUT2D eigenvalue weighted by molar-refractivity contribution is -0.139. The Labute approximate surface area is 282 Å². The Hall–Kier alpha value is -6.37. The second kappa shape index (κ2) is 16.5. The van der Waals surface area contributed by atoms with Crippen LogP contribution in [0.1, 0.15) is 34.2 Å². The van der Waals surface area contributed by atoms with Gasteiger partial charge in [0.2, 0.25) is 0 Å². The first-order valence-electron chi connectivity index (χ1n) is 15.6. The lowest BCUT2D eigenvalue weighted by Gasteiger charge is -2.22. The Bertz CT molecular complexity index is 1850. The predicted octanol–water partition coefficient (Wildman–Crippen LogP) is 5.31. The standard InChI is InChI=1S/C36H36N6O7/c1-2-48-28-18-16-27(17-19-28)38-35(46)42(22-32-39-29-10-6-7-11-30(29)40-32)21-24-12-14-26(15-13-24)33(43)37-20-31(34(44)45)41-36(47)49-23-25-8-4-3-5-9-25/h3-19,31H,2,20-23H2,1H3,(H,37,43)(H,38,46)(H,39,40)(H,41,47)(H,44,45). The molecule has 4 aromatic carbocycles. The summed E-state index contributed by atoms with van der Waals surface area (Å²) in [4.78, 5) is 59.7. The van der Waals surface area contributed by atoms with Gasteiger partial charge in [0.05, 0.1) is 24.2 Å². The number of aromatic nitrogens is 2. The first-order valence-corrected chi connectivity index (χ1v) is 15.6.